The van der Waals surface area contributed by atoms with E-state index in [2.05, 4.69) is 29.2 Å². The van der Waals surface area contributed by atoms with Crippen molar-refractivity contribution in [2.45, 2.75) is 75.4 Å². The first-order chi connectivity index (χ1) is 18.1. The van der Waals surface area contributed by atoms with Gasteiger partial charge in [-0.25, -0.2) is 0 Å². The van der Waals surface area contributed by atoms with Crippen molar-refractivity contribution in [3.63, 3.8) is 0 Å². The van der Waals surface area contributed by atoms with E-state index in [9.17, 15) is 14.4 Å². The highest BCUT2D eigenvalue weighted by atomic mass is 16.8. The Bertz CT molecular complexity index is 901. The van der Waals surface area contributed by atoms with Gasteiger partial charge in [0.2, 0.25) is 0 Å². The summed E-state index contributed by atoms with van der Waals surface area (Å²) in [7, 11) is 0. The van der Waals surface area contributed by atoms with Gasteiger partial charge in [-0.3, -0.25) is 19.6 Å². The van der Waals surface area contributed by atoms with Crippen LogP contribution in [0.25, 0.3) is 0 Å². The van der Waals surface area contributed by atoms with E-state index in [0.717, 1.165) is 49.2 Å². The molecule has 202 valence electrons. The molecule has 2 aliphatic heterocycles. The molecule has 1 aromatic carbocycles. The minimum atomic E-state index is -0.293. The number of nitrogens with zero attached hydrogens (tertiary/aromatic N) is 4. The molecule has 2 saturated carbocycles. The molecule has 0 radical (unpaired) electrons. The minimum absolute atomic E-state index is 0.0763. The van der Waals surface area contributed by atoms with Crippen LogP contribution < -0.4 is 0 Å². The van der Waals surface area contributed by atoms with Crippen molar-refractivity contribution < 1.29 is 23.9 Å². The summed E-state index contributed by atoms with van der Waals surface area (Å²) in [5.41, 5.74) is 2.06. The van der Waals surface area contributed by atoms with Crippen LogP contribution in [0.4, 0.5) is 0 Å². The first kappa shape index (κ1) is 26.6. The van der Waals surface area contributed by atoms with Crippen molar-refractivity contribution in [2.75, 3.05) is 46.3 Å². The summed E-state index contributed by atoms with van der Waals surface area (Å²) in [5, 5.41) is 0. The van der Waals surface area contributed by atoms with Crippen LogP contribution >= 0.6 is 0 Å². The highest BCUT2D eigenvalue weighted by Gasteiger charge is 2.74. The lowest BCUT2D eigenvalue weighted by molar-refractivity contribution is -0.127. The Hall–Kier alpha value is -2.01. The van der Waals surface area contributed by atoms with Crippen LogP contribution in [-0.2, 0) is 30.4 Å². The van der Waals surface area contributed by atoms with Crippen LogP contribution in [0.5, 0.6) is 0 Å². The third kappa shape index (κ3) is 6.02. The van der Waals surface area contributed by atoms with Gasteiger partial charge in [-0.15, -0.1) is 0 Å². The van der Waals surface area contributed by atoms with Crippen molar-refractivity contribution >= 4 is 18.9 Å². The molecule has 4 fully saturated rings. The zero-order chi connectivity index (χ0) is 25.7. The largest absolute Gasteiger partial charge is 0.339 e. The molecule has 2 aliphatic carbocycles. The van der Waals surface area contributed by atoms with E-state index in [4.69, 9.17) is 9.47 Å². The van der Waals surface area contributed by atoms with Gasteiger partial charge in [0, 0.05) is 18.5 Å². The monoisotopic (exact) mass is 512 g/mol. The fourth-order valence-corrected chi connectivity index (χ4v) is 6.50. The zero-order valence-corrected chi connectivity index (χ0v) is 21.8. The lowest BCUT2D eigenvalue weighted by atomic mass is 10.1. The second kappa shape index (κ2) is 11.8. The number of hydrogen-bond acceptors (Lipinski definition) is 9. The van der Waals surface area contributed by atoms with Crippen molar-refractivity contribution in [1.29, 1.82) is 0 Å². The maximum atomic E-state index is 11.3. The Morgan fingerprint density at radius 1 is 0.676 bits per heavy atom. The molecule has 5 rings (SSSR count). The average molecular weight is 513 g/mol. The van der Waals surface area contributed by atoms with Crippen molar-refractivity contribution in [1.82, 2.24) is 19.6 Å². The molecule has 37 heavy (non-hydrogen) atoms. The van der Waals surface area contributed by atoms with Gasteiger partial charge >= 0.3 is 0 Å². The maximum absolute atomic E-state index is 11.3. The van der Waals surface area contributed by atoms with Gasteiger partial charge in [0.1, 0.15) is 30.1 Å². The molecule has 2 unspecified atom stereocenters. The van der Waals surface area contributed by atoms with E-state index >= 15 is 0 Å². The van der Waals surface area contributed by atoms with Gasteiger partial charge in [-0.05, 0) is 18.4 Å². The summed E-state index contributed by atoms with van der Waals surface area (Å²) in [5.74, 6) is 0. The number of aldehydes is 3. The molecule has 0 aromatic heterocycles. The second-order valence-electron chi connectivity index (χ2n) is 11.2. The normalized spacial score (nSPS) is 32.2. The summed E-state index contributed by atoms with van der Waals surface area (Å²) in [6.07, 6.45) is 12.0. The van der Waals surface area contributed by atoms with Crippen LogP contribution in [0.15, 0.2) is 24.3 Å². The number of ether oxygens (including phenoxy) is 2. The zero-order valence-electron chi connectivity index (χ0n) is 21.8. The molecule has 0 amide bonds. The maximum Gasteiger partial charge on any atom is 0.185 e. The third-order valence-corrected chi connectivity index (χ3v) is 8.36. The third-order valence-electron chi connectivity index (χ3n) is 8.36. The standard InChI is InChI=1S/C28H40N4O5/c33-15-12-29-20-30(13-16-34)22-32(23-31(21-29)14-17-35)18-24-6-8-25(9-7-24)26-36-27-10-4-2-1-3-5-11-28(27,19-27)37-26/h6-9,15-17,26H,1-5,10-14,18-23H2. The lowest BCUT2D eigenvalue weighted by Crippen LogP contribution is -2.55. The molecule has 2 atom stereocenters. The summed E-state index contributed by atoms with van der Waals surface area (Å²) in [4.78, 5) is 41.9. The smallest absolute Gasteiger partial charge is 0.185 e. The molecule has 0 N–H and O–H groups in total. The summed E-state index contributed by atoms with van der Waals surface area (Å²) in [6.45, 7) is 3.62. The summed E-state index contributed by atoms with van der Waals surface area (Å²) < 4.78 is 13.2. The number of hydrogen-bond donors (Lipinski definition) is 0. The molecule has 2 heterocycles. The van der Waals surface area contributed by atoms with E-state index in [0.29, 0.717) is 46.3 Å². The Morgan fingerprint density at radius 3 is 1.62 bits per heavy atom. The molecule has 9 nitrogen and oxygen atoms in total. The minimum Gasteiger partial charge on any atom is -0.339 e. The van der Waals surface area contributed by atoms with Crippen LogP contribution in [0, 0.1) is 0 Å². The van der Waals surface area contributed by atoms with Gasteiger partial charge in [-0.2, -0.15) is 0 Å². The molecule has 2 saturated heterocycles. The quantitative estimate of drug-likeness (QED) is 0.464. The van der Waals surface area contributed by atoms with Crippen LogP contribution in [0.1, 0.15) is 68.8 Å². The van der Waals surface area contributed by atoms with Crippen molar-refractivity contribution in [3.05, 3.63) is 35.4 Å². The van der Waals surface area contributed by atoms with Crippen LogP contribution in [0.3, 0.4) is 0 Å². The van der Waals surface area contributed by atoms with Crippen LogP contribution in [0.2, 0.25) is 0 Å². The van der Waals surface area contributed by atoms with Gasteiger partial charge in [0.25, 0.3) is 0 Å². The van der Waals surface area contributed by atoms with Crippen molar-refractivity contribution in [3.8, 4) is 0 Å². The van der Waals surface area contributed by atoms with Crippen LogP contribution in [-0.4, -0.2) is 96.0 Å². The van der Waals surface area contributed by atoms with E-state index in [1.807, 2.05) is 14.7 Å². The predicted octanol–water partition coefficient (Wildman–Crippen LogP) is 2.51. The number of benzene rings is 1. The number of rotatable bonds is 9. The Kier molecular flexibility index (Phi) is 8.48. The number of carbonyl (C=O) groups is 3. The second-order valence-corrected chi connectivity index (χ2v) is 11.2. The predicted molar refractivity (Wildman–Crippen MR) is 137 cm³/mol. The average Bonchev–Trinajstić information content (AvgIpc) is 3.33. The Balaban J connectivity index is 1.23. The fraction of sp³-hybridized carbons (Fsp3) is 0.679. The molecule has 9 heteroatoms. The summed E-state index contributed by atoms with van der Waals surface area (Å²) >= 11 is 0. The molecule has 0 bridgehead atoms. The fourth-order valence-electron chi connectivity index (χ4n) is 6.50. The van der Waals surface area contributed by atoms with E-state index in [-0.39, 0.29) is 24.0 Å². The van der Waals surface area contributed by atoms with Crippen molar-refractivity contribution in [2.24, 2.45) is 0 Å². The molecule has 4 aliphatic rings. The first-order valence-corrected chi connectivity index (χ1v) is 13.7. The van der Waals surface area contributed by atoms with E-state index < -0.39 is 0 Å². The van der Waals surface area contributed by atoms with Gasteiger partial charge in [0.15, 0.2) is 6.29 Å². The molecule has 1 aromatic rings. The van der Waals surface area contributed by atoms with E-state index in [1.54, 1.807) is 0 Å². The molecule has 0 spiro atoms. The Morgan fingerprint density at radius 2 is 1.14 bits per heavy atom. The lowest BCUT2D eigenvalue weighted by Gasteiger charge is -2.40. The summed E-state index contributed by atoms with van der Waals surface area (Å²) in [6, 6.07) is 8.47. The Labute approximate surface area is 219 Å². The number of carbonyl (C=O) groups excluding carboxylic acids is 3. The highest BCUT2D eigenvalue weighted by molar-refractivity contribution is 5.53. The first-order valence-electron chi connectivity index (χ1n) is 13.7. The SMILES string of the molecule is O=CCN1CN(CC=O)CN(Cc2ccc(C3OC45CCCCCCCC4(C5)O3)cc2)CN(CC=O)C1. The van der Waals surface area contributed by atoms with Gasteiger partial charge in [-0.1, -0.05) is 56.4 Å². The molecular formula is C28H40N4O5. The van der Waals surface area contributed by atoms with E-state index in [1.165, 1.54) is 32.1 Å². The molecular weight excluding hydrogens is 472 g/mol. The van der Waals surface area contributed by atoms with Gasteiger partial charge in [0.05, 0.1) is 46.3 Å². The van der Waals surface area contributed by atoms with Gasteiger partial charge < -0.3 is 23.9 Å². The topological polar surface area (TPSA) is 82.6 Å². The highest BCUT2D eigenvalue weighted by Crippen LogP contribution is 2.67.